The van der Waals surface area contributed by atoms with E-state index in [4.69, 9.17) is 17.3 Å². The number of hydrogen-bond acceptors (Lipinski definition) is 3. The Morgan fingerprint density at radius 3 is 2.74 bits per heavy atom. The highest BCUT2D eigenvalue weighted by Crippen LogP contribution is 2.26. The Hall–Kier alpha value is -0.850. The van der Waals surface area contributed by atoms with Crippen molar-refractivity contribution in [2.75, 3.05) is 5.73 Å². The fourth-order valence-electron chi connectivity index (χ4n) is 1.77. The average molecular weight is 363 g/mol. The molecule has 1 atom stereocenters. The molecule has 2 aromatic rings. The maximum Gasteiger partial charge on any atom is 0.131 e. The number of halogens is 2. The Morgan fingerprint density at radius 1 is 1.53 bits per heavy atom. The first-order chi connectivity index (χ1) is 8.90. The highest BCUT2D eigenvalue weighted by atomic mass is 79.9. The van der Waals surface area contributed by atoms with Crippen molar-refractivity contribution in [3.63, 3.8) is 0 Å². The molecule has 4 nitrogen and oxygen atoms in total. The quantitative estimate of drug-likeness (QED) is 0.854. The summed E-state index contributed by atoms with van der Waals surface area (Å²) in [6.45, 7) is 1.85. The molecule has 0 bridgehead atoms. The molecule has 0 amide bonds. The summed E-state index contributed by atoms with van der Waals surface area (Å²) in [5, 5.41) is 4.72. The second kappa shape index (κ2) is 5.64. The number of benzene rings is 1. The molecule has 1 aromatic carbocycles. The van der Waals surface area contributed by atoms with Gasteiger partial charge in [-0.25, -0.2) is 0 Å². The highest BCUT2D eigenvalue weighted by molar-refractivity contribution is 9.10. The minimum absolute atomic E-state index is 0.310. The van der Waals surface area contributed by atoms with Crippen LogP contribution in [0.5, 0.6) is 0 Å². The van der Waals surface area contributed by atoms with Gasteiger partial charge in [0, 0.05) is 22.8 Å². The highest BCUT2D eigenvalue weighted by Gasteiger charge is 2.16. The van der Waals surface area contributed by atoms with E-state index in [1.165, 1.54) is 0 Å². The number of nitrogens with zero attached hydrogens (tertiary/aromatic N) is 2. The predicted molar refractivity (Wildman–Crippen MR) is 81.6 cm³/mol. The third-order valence-corrected chi connectivity index (χ3v) is 5.14. The lowest BCUT2D eigenvalue weighted by atomic mass is 10.3. The van der Waals surface area contributed by atoms with Crippen molar-refractivity contribution in [3.8, 4) is 0 Å². The molecule has 0 fully saturated rings. The van der Waals surface area contributed by atoms with Gasteiger partial charge in [0.05, 0.1) is 27.1 Å². The van der Waals surface area contributed by atoms with Gasteiger partial charge in [-0.2, -0.15) is 5.10 Å². The second-order valence-electron chi connectivity index (χ2n) is 4.15. The molecule has 0 saturated carbocycles. The first-order valence-corrected chi connectivity index (χ1v) is 8.00. The zero-order valence-corrected chi connectivity index (χ0v) is 13.6. The summed E-state index contributed by atoms with van der Waals surface area (Å²) in [6.07, 6.45) is 0. The van der Waals surface area contributed by atoms with Crippen LogP contribution in [0.3, 0.4) is 0 Å². The lowest BCUT2D eigenvalue weighted by molar-refractivity contribution is 0.682. The van der Waals surface area contributed by atoms with Crippen LogP contribution < -0.4 is 5.73 Å². The van der Waals surface area contributed by atoms with Gasteiger partial charge in [0.2, 0.25) is 0 Å². The van der Waals surface area contributed by atoms with Gasteiger partial charge in [-0.15, -0.1) is 0 Å². The third kappa shape index (κ3) is 3.01. The molecule has 7 heteroatoms. The van der Waals surface area contributed by atoms with E-state index in [1.807, 2.05) is 13.0 Å². The molecule has 2 rings (SSSR count). The van der Waals surface area contributed by atoms with Crippen LogP contribution in [0.2, 0.25) is 5.15 Å². The molecule has 0 aliphatic rings. The summed E-state index contributed by atoms with van der Waals surface area (Å²) < 4.78 is 14.8. The van der Waals surface area contributed by atoms with Gasteiger partial charge < -0.3 is 5.73 Å². The molecule has 2 N–H and O–H groups in total. The van der Waals surface area contributed by atoms with Gasteiger partial charge in [0.1, 0.15) is 5.15 Å². The fourth-order valence-corrected chi connectivity index (χ4v) is 3.78. The molecule has 102 valence electrons. The summed E-state index contributed by atoms with van der Waals surface area (Å²) in [6, 6.07) is 5.32. The Labute approximate surface area is 127 Å². The SMILES string of the molecule is Cc1nn(C)c(Cl)c1CS(=O)c1ccc(Br)cc1N. The normalized spacial score (nSPS) is 12.6. The van der Waals surface area contributed by atoms with Gasteiger partial charge in [0.25, 0.3) is 0 Å². The monoisotopic (exact) mass is 361 g/mol. The van der Waals surface area contributed by atoms with Crippen molar-refractivity contribution in [2.45, 2.75) is 17.6 Å². The van der Waals surface area contributed by atoms with E-state index >= 15 is 0 Å². The summed E-state index contributed by atoms with van der Waals surface area (Å²) in [4.78, 5) is 0.613. The zero-order chi connectivity index (χ0) is 14.2. The van der Waals surface area contributed by atoms with Gasteiger partial charge in [-0.1, -0.05) is 27.5 Å². The van der Waals surface area contributed by atoms with Crippen LogP contribution in [0, 0.1) is 6.92 Å². The number of hydrogen-bond donors (Lipinski definition) is 1. The number of aromatic nitrogens is 2. The van der Waals surface area contributed by atoms with E-state index in [2.05, 4.69) is 21.0 Å². The molecular weight excluding hydrogens is 350 g/mol. The minimum Gasteiger partial charge on any atom is -0.398 e. The van der Waals surface area contributed by atoms with Crippen molar-refractivity contribution in [2.24, 2.45) is 7.05 Å². The molecule has 1 heterocycles. The maximum atomic E-state index is 12.4. The maximum absolute atomic E-state index is 12.4. The van der Waals surface area contributed by atoms with E-state index in [0.29, 0.717) is 21.5 Å². The van der Waals surface area contributed by atoms with Crippen molar-refractivity contribution < 1.29 is 4.21 Å². The van der Waals surface area contributed by atoms with Gasteiger partial charge in [-0.05, 0) is 25.1 Å². The Kier molecular flexibility index (Phi) is 4.32. The Balaban J connectivity index is 2.31. The number of rotatable bonds is 3. The van der Waals surface area contributed by atoms with Crippen molar-refractivity contribution in [1.29, 1.82) is 0 Å². The van der Waals surface area contributed by atoms with E-state index in [0.717, 1.165) is 15.7 Å². The van der Waals surface area contributed by atoms with E-state index < -0.39 is 10.8 Å². The fraction of sp³-hybridized carbons (Fsp3) is 0.250. The van der Waals surface area contributed by atoms with Crippen LogP contribution in [-0.2, 0) is 23.6 Å². The number of anilines is 1. The third-order valence-electron chi connectivity index (χ3n) is 2.76. The topological polar surface area (TPSA) is 60.9 Å². The summed E-state index contributed by atoms with van der Waals surface area (Å²) in [5.41, 5.74) is 7.97. The molecule has 0 aliphatic carbocycles. The molecule has 0 radical (unpaired) electrons. The number of aryl methyl sites for hydroxylation is 2. The second-order valence-corrected chi connectivity index (χ2v) is 6.84. The molecule has 1 unspecified atom stereocenters. The summed E-state index contributed by atoms with van der Waals surface area (Å²) in [7, 11) is 0.515. The largest absolute Gasteiger partial charge is 0.398 e. The van der Waals surface area contributed by atoms with E-state index in [1.54, 1.807) is 23.9 Å². The number of nitrogens with two attached hydrogens (primary N) is 1. The van der Waals surface area contributed by atoms with Crippen LogP contribution in [0.25, 0.3) is 0 Å². The van der Waals surface area contributed by atoms with Gasteiger partial charge >= 0.3 is 0 Å². The van der Waals surface area contributed by atoms with Crippen LogP contribution in [0.4, 0.5) is 5.69 Å². The first kappa shape index (κ1) is 14.6. The summed E-state index contributed by atoms with van der Waals surface area (Å²) in [5.74, 6) is 0.310. The Morgan fingerprint density at radius 2 is 2.21 bits per heavy atom. The van der Waals surface area contributed by atoms with Crippen LogP contribution in [0.1, 0.15) is 11.3 Å². The predicted octanol–water partition coefficient (Wildman–Crippen LogP) is 3.03. The van der Waals surface area contributed by atoms with Crippen molar-refractivity contribution >= 4 is 44.0 Å². The molecule has 19 heavy (non-hydrogen) atoms. The standard InChI is InChI=1S/C12H13BrClN3OS/c1-7-9(12(14)17(2)16-7)6-19(18)11-4-3-8(13)5-10(11)15/h3-5H,6,15H2,1-2H3. The zero-order valence-electron chi connectivity index (χ0n) is 10.5. The van der Waals surface area contributed by atoms with Gasteiger partial charge in [-0.3, -0.25) is 8.89 Å². The average Bonchev–Trinajstić information content (AvgIpc) is 2.56. The Bertz CT molecular complexity index is 657. The van der Waals surface area contributed by atoms with E-state index in [9.17, 15) is 4.21 Å². The van der Waals surface area contributed by atoms with Crippen LogP contribution in [-0.4, -0.2) is 14.0 Å². The smallest absolute Gasteiger partial charge is 0.131 e. The molecule has 0 spiro atoms. The molecule has 1 aromatic heterocycles. The molecule has 0 saturated heterocycles. The van der Waals surface area contributed by atoms with Crippen molar-refractivity contribution in [3.05, 3.63) is 39.1 Å². The van der Waals surface area contributed by atoms with Crippen LogP contribution in [0.15, 0.2) is 27.6 Å². The molecular formula is C12H13BrClN3OS. The number of nitrogen functional groups attached to an aromatic ring is 1. The first-order valence-electron chi connectivity index (χ1n) is 5.51. The van der Waals surface area contributed by atoms with Crippen molar-refractivity contribution in [1.82, 2.24) is 9.78 Å². The lowest BCUT2D eigenvalue weighted by Gasteiger charge is -2.06. The van der Waals surface area contributed by atoms with E-state index in [-0.39, 0.29) is 0 Å². The lowest BCUT2D eigenvalue weighted by Crippen LogP contribution is -2.02. The molecule has 0 aliphatic heterocycles. The minimum atomic E-state index is -1.25. The van der Waals surface area contributed by atoms with Gasteiger partial charge in [0.15, 0.2) is 0 Å². The van der Waals surface area contributed by atoms with Crippen LogP contribution >= 0.6 is 27.5 Å². The summed E-state index contributed by atoms with van der Waals surface area (Å²) >= 11 is 9.46.